The lowest BCUT2D eigenvalue weighted by Crippen LogP contribution is -2.48. The van der Waals surface area contributed by atoms with Crippen LogP contribution in [0.3, 0.4) is 0 Å². The molecule has 3 aliphatic rings. The Hall–Kier alpha value is -1.35. The first-order chi connectivity index (χ1) is 11.2. The number of fused-ring (bicyclic) bond motifs is 1. The molecule has 1 aliphatic heterocycles. The first kappa shape index (κ1) is 16.5. The molecule has 1 aromatic rings. The van der Waals surface area contributed by atoms with Crippen molar-refractivity contribution in [3.05, 3.63) is 59.1 Å². The third-order valence-corrected chi connectivity index (χ3v) is 5.14. The van der Waals surface area contributed by atoms with Crippen LogP contribution in [0, 0.1) is 0 Å². The van der Waals surface area contributed by atoms with Crippen LogP contribution in [-0.4, -0.2) is 42.5 Å². The van der Waals surface area contributed by atoms with Crippen LogP contribution in [0.1, 0.15) is 25.5 Å². The van der Waals surface area contributed by atoms with Crippen molar-refractivity contribution < 1.29 is 0 Å². The number of hydrogen-bond acceptors (Lipinski definition) is 2. The summed E-state index contributed by atoms with van der Waals surface area (Å²) < 4.78 is 0. The van der Waals surface area contributed by atoms with Crippen LogP contribution < -0.4 is 0 Å². The largest absolute Gasteiger partial charge is 0.300 e. The van der Waals surface area contributed by atoms with Gasteiger partial charge in [0.2, 0.25) is 0 Å². The fourth-order valence-electron chi connectivity index (χ4n) is 3.25. The molecule has 1 unspecified atom stereocenters. The molecule has 0 saturated carbocycles. The maximum absolute atomic E-state index is 5.65. The van der Waals surface area contributed by atoms with Crippen molar-refractivity contribution in [2.45, 2.75) is 19.9 Å². The van der Waals surface area contributed by atoms with Gasteiger partial charge in [-0.3, -0.25) is 4.90 Å². The predicted octanol–water partition coefficient (Wildman–Crippen LogP) is 4.71. The van der Waals surface area contributed by atoms with E-state index in [1.54, 1.807) is 0 Å². The molecule has 4 rings (SSSR count). The van der Waals surface area contributed by atoms with Crippen LogP contribution in [0.5, 0.6) is 0 Å². The van der Waals surface area contributed by atoms with Gasteiger partial charge in [0.1, 0.15) is 0 Å². The van der Waals surface area contributed by atoms with Gasteiger partial charge in [0.05, 0.1) is 0 Å². The van der Waals surface area contributed by atoms with E-state index in [0.29, 0.717) is 6.04 Å². The van der Waals surface area contributed by atoms with Crippen molar-refractivity contribution in [3.63, 3.8) is 0 Å². The summed E-state index contributed by atoms with van der Waals surface area (Å²) >= 11 is 5.65. The molecule has 1 heterocycles. The summed E-state index contributed by atoms with van der Waals surface area (Å²) in [6.07, 6.45) is 0. The first-order valence-corrected chi connectivity index (χ1v) is 8.92. The lowest BCUT2D eigenvalue weighted by molar-refractivity contribution is 0.0820. The molecule has 23 heavy (non-hydrogen) atoms. The number of piperazine rings is 1. The van der Waals surface area contributed by atoms with E-state index in [1.807, 2.05) is 12.1 Å². The topological polar surface area (TPSA) is 6.48 Å². The van der Waals surface area contributed by atoms with Crippen LogP contribution in [0.4, 0.5) is 0 Å². The number of hydrogen-bond donors (Lipinski definition) is 0. The van der Waals surface area contributed by atoms with Crippen molar-refractivity contribution in [3.8, 4) is 11.1 Å². The van der Waals surface area contributed by atoms with Gasteiger partial charge in [-0.05, 0) is 36.3 Å². The van der Waals surface area contributed by atoms with Crippen molar-refractivity contribution >= 4 is 11.6 Å². The normalized spacial score (nSPS) is 19.9. The molecule has 0 radical (unpaired) electrons. The number of likely N-dealkylation sites (N-methyl/N-ethyl adjacent to an activating group) is 2. The van der Waals surface area contributed by atoms with Gasteiger partial charge in [-0.1, -0.05) is 61.8 Å². The van der Waals surface area contributed by atoms with Crippen LogP contribution in [0.25, 0.3) is 11.1 Å². The van der Waals surface area contributed by atoms with E-state index in [9.17, 15) is 0 Å². The minimum Gasteiger partial charge on any atom is -0.300 e. The molecule has 1 aromatic carbocycles. The summed E-state index contributed by atoms with van der Waals surface area (Å²) in [5, 5.41) is 0.898. The summed E-state index contributed by atoms with van der Waals surface area (Å²) in [6.45, 7) is 10.4. The fraction of sp³-hybridized carbons (Fsp3) is 0.400. The van der Waals surface area contributed by atoms with Gasteiger partial charge in [-0.15, -0.1) is 0 Å². The van der Waals surface area contributed by atoms with Crippen LogP contribution in [-0.2, 0) is 0 Å². The minimum atomic E-state index is 0.583. The van der Waals surface area contributed by atoms with E-state index >= 15 is 0 Å². The fourth-order valence-corrected chi connectivity index (χ4v) is 3.48. The maximum Gasteiger partial charge on any atom is 0.0484 e. The van der Waals surface area contributed by atoms with Crippen LogP contribution in [0.2, 0.25) is 5.02 Å². The highest BCUT2D eigenvalue weighted by Crippen LogP contribution is 2.40. The summed E-state index contributed by atoms with van der Waals surface area (Å²) in [7, 11) is 0. The Morgan fingerprint density at radius 2 is 1.78 bits per heavy atom. The van der Waals surface area contributed by atoms with E-state index in [2.05, 4.69) is 60.0 Å². The number of nitrogens with zero attached hydrogens (tertiary/aromatic N) is 2. The van der Waals surface area contributed by atoms with Crippen molar-refractivity contribution in [2.75, 3.05) is 32.7 Å². The van der Waals surface area contributed by atoms with E-state index in [-0.39, 0.29) is 0 Å². The van der Waals surface area contributed by atoms with Crippen LogP contribution >= 0.6 is 11.6 Å². The zero-order chi connectivity index (χ0) is 16.2. The summed E-state index contributed by atoms with van der Waals surface area (Å²) in [6, 6.07) is 17.5. The van der Waals surface area contributed by atoms with Gasteiger partial charge in [0, 0.05) is 36.3 Å². The highest BCUT2D eigenvalue weighted by molar-refractivity contribution is 6.35. The van der Waals surface area contributed by atoms with E-state index < -0.39 is 0 Å². The quantitative estimate of drug-likeness (QED) is 0.687. The van der Waals surface area contributed by atoms with Gasteiger partial charge >= 0.3 is 0 Å². The molecule has 3 heteroatoms. The van der Waals surface area contributed by atoms with Gasteiger partial charge in [-0.2, -0.15) is 0 Å². The SMILES string of the molecule is CCN1CCN(CC)C(c2ccccc2)C1.Clc1ccc2cc1-2. The zero-order valence-electron chi connectivity index (χ0n) is 14.0. The van der Waals surface area contributed by atoms with Gasteiger partial charge in [-0.25, -0.2) is 0 Å². The summed E-state index contributed by atoms with van der Waals surface area (Å²) in [5.74, 6) is 0. The third kappa shape index (κ3) is 3.95. The second kappa shape index (κ2) is 7.48. The summed E-state index contributed by atoms with van der Waals surface area (Å²) in [5.41, 5.74) is 4.01. The Bertz CT molecular complexity index is 641. The maximum atomic E-state index is 5.65. The van der Waals surface area contributed by atoms with E-state index in [1.165, 1.54) is 42.9 Å². The molecule has 0 amide bonds. The molecule has 2 nitrogen and oxygen atoms in total. The molecule has 1 atom stereocenters. The molecule has 0 aromatic heterocycles. The average molecular weight is 329 g/mol. The number of benzene rings is 2. The van der Waals surface area contributed by atoms with Crippen molar-refractivity contribution in [2.24, 2.45) is 0 Å². The Balaban J connectivity index is 0.000000183. The monoisotopic (exact) mass is 328 g/mol. The highest BCUT2D eigenvalue weighted by atomic mass is 35.5. The molecule has 0 bridgehead atoms. The third-order valence-electron chi connectivity index (χ3n) is 4.81. The smallest absolute Gasteiger partial charge is 0.0484 e. The minimum absolute atomic E-state index is 0.583. The average Bonchev–Trinajstić information content (AvgIpc) is 3.32. The molecule has 0 N–H and O–H groups in total. The number of halogens is 1. The van der Waals surface area contributed by atoms with E-state index in [4.69, 9.17) is 11.6 Å². The Morgan fingerprint density at radius 3 is 2.26 bits per heavy atom. The Labute approximate surface area is 144 Å². The molecule has 1 saturated heterocycles. The standard InChI is InChI=1S/C14H22N2.C6H3Cl/c1-3-15-10-11-16(4-2)14(12-15)13-8-6-5-7-9-13;7-6-2-1-4-3-5(4)6/h5-9,14H,3-4,10-12H2,1-2H3;1-3H. The zero-order valence-corrected chi connectivity index (χ0v) is 14.8. The molecular weight excluding hydrogens is 304 g/mol. The van der Waals surface area contributed by atoms with Crippen LogP contribution in [0.15, 0.2) is 48.5 Å². The lowest BCUT2D eigenvalue weighted by Gasteiger charge is -2.41. The molecule has 2 aliphatic carbocycles. The predicted molar refractivity (Wildman–Crippen MR) is 99.0 cm³/mol. The molecular formula is C20H25ClN2. The highest BCUT2D eigenvalue weighted by Gasteiger charge is 2.25. The molecule has 122 valence electrons. The Kier molecular flexibility index (Phi) is 5.37. The van der Waals surface area contributed by atoms with E-state index in [0.717, 1.165) is 11.6 Å². The molecule has 0 spiro atoms. The second-order valence-corrected chi connectivity index (χ2v) is 6.55. The molecule has 1 fully saturated rings. The summed E-state index contributed by atoms with van der Waals surface area (Å²) in [4.78, 5) is 5.13. The number of rotatable bonds is 3. The van der Waals surface area contributed by atoms with Gasteiger partial charge in [0.15, 0.2) is 0 Å². The van der Waals surface area contributed by atoms with Gasteiger partial charge < -0.3 is 4.90 Å². The van der Waals surface area contributed by atoms with Crippen molar-refractivity contribution in [1.29, 1.82) is 0 Å². The first-order valence-electron chi connectivity index (χ1n) is 8.54. The van der Waals surface area contributed by atoms with Crippen molar-refractivity contribution in [1.82, 2.24) is 9.80 Å². The second-order valence-electron chi connectivity index (χ2n) is 6.14. The Morgan fingerprint density at radius 1 is 1.00 bits per heavy atom. The lowest BCUT2D eigenvalue weighted by atomic mass is 10.0. The van der Waals surface area contributed by atoms with Gasteiger partial charge in [0.25, 0.3) is 0 Å².